The Kier molecular flexibility index (Phi) is 1.88. The molecule has 0 aromatic rings. The van der Waals surface area contributed by atoms with Crippen LogP contribution >= 0.6 is 0 Å². The van der Waals surface area contributed by atoms with E-state index in [1.165, 1.54) is 0 Å². The van der Waals surface area contributed by atoms with Crippen molar-refractivity contribution < 1.29 is 14.6 Å². The molecule has 0 spiro atoms. The van der Waals surface area contributed by atoms with Gasteiger partial charge in [0.15, 0.2) is 0 Å². The van der Waals surface area contributed by atoms with E-state index >= 15 is 0 Å². The maximum atomic E-state index is 11.3. The molecule has 0 aromatic heterocycles. The molecule has 3 nitrogen and oxygen atoms in total. The Bertz CT molecular complexity index is 224. The van der Waals surface area contributed by atoms with Crippen molar-refractivity contribution >= 4 is 5.97 Å². The van der Waals surface area contributed by atoms with Gasteiger partial charge in [-0.2, -0.15) is 0 Å². The first-order valence-electron chi connectivity index (χ1n) is 4.92. The molecule has 1 aliphatic carbocycles. The van der Waals surface area contributed by atoms with E-state index in [-0.39, 0.29) is 5.41 Å². The van der Waals surface area contributed by atoms with E-state index in [4.69, 9.17) is 4.74 Å². The molecule has 1 aliphatic heterocycles. The van der Waals surface area contributed by atoms with Gasteiger partial charge >= 0.3 is 5.97 Å². The highest BCUT2D eigenvalue weighted by molar-refractivity contribution is 5.76. The third-order valence-corrected chi connectivity index (χ3v) is 3.86. The second kappa shape index (κ2) is 2.71. The Balaban J connectivity index is 2.27. The molecule has 0 unspecified atom stereocenters. The molecule has 0 radical (unpaired) electrons. The van der Waals surface area contributed by atoms with Crippen LogP contribution < -0.4 is 0 Å². The number of aliphatic carboxylic acids is 1. The third-order valence-electron chi connectivity index (χ3n) is 3.86. The Morgan fingerprint density at radius 2 is 1.85 bits per heavy atom. The van der Waals surface area contributed by atoms with Gasteiger partial charge in [-0.15, -0.1) is 0 Å². The lowest BCUT2D eigenvalue weighted by Gasteiger charge is -2.49. The first-order valence-corrected chi connectivity index (χ1v) is 4.92. The van der Waals surface area contributed by atoms with Gasteiger partial charge in [0.1, 0.15) is 0 Å². The molecular weight excluding hydrogens is 168 g/mol. The monoisotopic (exact) mass is 184 g/mol. The predicted octanol–water partition coefficient (Wildman–Crippen LogP) is 1.67. The topological polar surface area (TPSA) is 46.5 Å². The summed E-state index contributed by atoms with van der Waals surface area (Å²) in [5.41, 5.74) is -0.583. The summed E-state index contributed by atoms with van der Waals surface area (Å²) in [6, 6.07) is 0. The largest absolute Gasteiger partial charge is 0.481 e. The highest BCUT2D eigenvalue weighted by atomic mass is 16.5. The van der Waals surface area contributed by atoms with E-state index in [1.54, 1.807) is 0 Å². The summed E-state index contributed by atoms with van der Waals surface area (Å²) >= 11 is 0. The highest BCUT2D eigenvalue weighted by Gasteiger charge is 2.58. The Labute approximate surface area is 78.1 Å². The van der Waals surface area contributed by atoms with Crippen LogP contribution in [0.3, 0.4) is 0 Å². The number of carbonyl (C=O) groups is 1. The van der Waals surface area contributed by atoms with E-state index in [9.17, 15) is 9.90 Å². The summed E-state index contributed by atoms with van der Waals surface area (Å²) in [6.07, 6.45) is 3.79. The van der Waals surface area contributed by atoms with Gasteiger partial charge in [0.2, 0.25) is 0 Å². The van der Waals surface area contributed by atoms with Gasteiger partial charge in [-0.1, -0.05) is 19.8 Å². The molecule has 2 aliphatic rings. The minimum Gasteiger partial charge on any atom is -0.481 e. The van der Waals surface area contributed by atoms with Gasteiger partial charge in [-0.05, 0) is 12.8 Å². The van der Waals surface area contributed by atoms with Crippen LogP contribution in [0, 0.1) is 10.8 Å². The molecule has 1 N–H and O–H groups in total. The fourth-order valence-electron chi connectivity index (χ4n) is 2.74. The summed E-state index contributed by atoms with van der Waals surface area (Å²) < 4.78 is 5.16. The van der Waals surface area contributed by atoms with Gasteiger partial charge in [0.05, 0.1) is 18.6 Å². The molecule has 74 valence electrons. The molecule has 2 rings (SSSR count). The van der Waals surface area contributed by atoms with Crippen molar-refractivity contribution in [3.05, 3.63) is 0 Å². The average molecular weight is 184 g/mol. The average Bonchev–Trinajstić information content (AvgIpc) is 2.49. The first-order chi connectivity index (χ1) is 6.11. The number of hydrogen-bond donors (Lipinski definition) is 1. The molecule has 13 heavy (non-hydrogen) atoms. The summed E-state index contributed by atoms with van der Waals surface area (Å²) in [6.45, 7) is 3.30. The second-order valence-electron chi connectivity index (χ2n) is 4.65. The smallest absolute Gasteiger partial charge is 0.310 e. The number of carboxylic acid groups (broad SMARTS) is 1. The van der Waals surface area contributed by atoms with Crippen LogP contribution in [-0.2, 0) is 9.53 Å². The van der Waals surface area contributed by atoms with Crippen molar-refractivity contribution in [1.29, 1.82) is 0 Å². The highest BCUT2D eigenvalue weighted by Crippen LogP contribution is 2.54. The third kappa shape index (κ3) is 1.03. The molecule has 0 atom stereocenters. The van der Waals surface area contributed by atoms with E-state index in [0.717, 1.165) is 25.7 Å². The zero-order chi connectivity index (χ0) is 9.53. The van der Waals surface area contributed by atoms with Gasteiger partial charge in [-0.25, -0.2) is 0 Å². The number of ether oxygens (including phenoxy) is 1. The van der Waals surface area contributed by atoms with Gasteiger partial charge < -0.3 is 9.84 Å². The standard InChI is InChI=1S/C10H16O3/c1-9(6-13-7-9)10(8(11)12)4-2-3-5-10/h2-7H2,1H3,(H,11,12). The van der Waals surface area contributed by atoms with Crippen LogP contribution in [0.25, 0.3) is 0 Å². The Hall–Kier alpha value is -0.570. The Morgan fingerprint density at radius 1 is 1.31 bits per heavy atom. The van der Waals surface area contributed by atoms with Crippen LogP contribution in [0.1, 0.15) is 32.6 Å². The van der Waals surface area contributed by atoms with Crippen LogP contribution in [0.5, 0.6) is 0 Å². The minimum atomic E-state index is -0.615. The fraction of sp³-hybridized carbons (Fsp3) is 0.900. The van der Waals surface area contributed by atoms with E-state index in [0.29, 0.717) is 13.2 Å². The molecule has 1 saturated heterocycles. The zero-order valence-corrected chi connectivity index (χ0v) is 8.01. The van der Waals surface area contributed by atoms with Crippen molar-refractivity contribution in [2.24, 2.45) is 10.8 Å². The molecule has 0 bridgehead atoms. The SMILES string of the molecule is CC1(C2(C(=O)O)CCCC2)COC1. The van der Waals surface area contributed by atoms with E-state index in [1.807, 2.05) is 0 Å². The van der Waals surface area contributed by atoms with Crippen molar-refractivity contribution in [1.82, 2.24) is 0 Å². The first kappa shape index (κ1) is 9.00. The summed E-state index contributed by atoms with van der Waals surface area (Å²) in [4.78, 5) is 11.3. The van der Waals surface area contributed by atoms with Gasteiger partial charge in [0.25, 0.3) is 0 Å². The van der Waals surface area contributed by atoms with Crippen molar-refractivity contribution in [2.75, 3.05) is 13.2 Å². The van der Waals surface area contributed by atoms with Crippen LogP contribution in [0.15, 0.2) is 0 Å². The van der Waals surface area contributed by atoms with E-state index < -0.39 is 11.4 Å². The molecule has 1 saturated carbocycles. The predicted molar refractivity (Wildman–Crippen MR) is 47.5 cm³/mol. The summed E-state index contributed by atoms with van der Waals surface area (Å²) in [5, 5.41) is 9.31. The normalized spacial score (nSPS) is 29.6. The lowest BCUT2D eigenvalue weighted by Crippen LogP contribution is -2.55. The molecular formula is C10H16O3. The van der Waals surface area contributed by atoms with Crippen LogP contribution in [0.2, 0.25) is 0 Å². The quantitative estimate of drug-likeness (QED) is 0.710. The van der Waals surface area contributed by atoms with Gasteiger partial charge in [-0.3, -0.25) is 4.79 Å². The van der Waals surface area contributed by atoms with Crippen LogP contribution in [0.4, 0.5) is 0 Å². The molecule has 0 amide bonds. The van der Waals surface area contributed by atoms with Gasteiger partial charge in [0, 0.05) is 5.41 Å². The number of hydrogen-bond acceptors (Lipinski definition) is 2. The maximum Gasteiger partial charge on any atom is 0.310 e. The molecule has 1 heterocycles. The van der Waals surface area contributed by atoms with Crippen molar-refractivity contribution in [2.45, 2.75) is 32.6 Å². The molecule has 0 aromatic carbocycles. The zero-order valence-electron chi connectivity index (χ0n) is 8.01. The van der Waals surface area contributed by atoms with Crippen molar-refractivity contribution in [3.8, 4) is 0 Å². The summed E-state index contributed by atoms with van der Waals surface area (Å²) in [5.74, 6) is -0.615. The number of rotatable bonds is 2. The fourth-order valence-corrected chi connectivity index (χ4v) is 2.74. The summed E-state index contributed by atoms with van der Waals surface area (Å²) in [7, 11) is 0. The molecule has 2 fully saturated rings. The lowest BCUT2D eigenvalue weighted by atomic mass is 9.62. The minimum absolute atomic E-state index is 0.102. The van der Waals surface area contributed by atoms with Crippen molar-refractivity contribution in [3.63, 3.8) is 0 Å². The van der Waals surface area contributed by atoms with Crippen LogP contribution in [-0.4, -0.2) is 24.3 Å². The Morgan fingerprint density at radius 3 is 2.15 bits per heavy atom. The number of carboxylic acids is 1. The maximum absolute atomic E-state index is 11.3. The van der Waals surface area contributed by atoms with E-state index in [2.05, 4.69) is 6.92 Å². The lowest BCUT2D eigenvalue weighted by molar-refractivity contribution is -0.196. The molecule has 3 heteroatoms. The second-order valence-corrected chi connectivity index (χ2v) is 4.65.